The van der Waals surface area contributed by atoms with Crippen LogP contribution in [0.2, 0.25) is 0 Å². The van der Waals surface area contributed by atoms with Crippen LogP contribution in [0.5, 0.6) is 0 Å². The van der Waals surface area contributed by atoms with E-state index in [2.05, 4.69) is 10.1 Å². The number of hydrogen-bond donors (Lipinski definition) is 1. The number of alkyl carbamates (subject to hydrolysis) is 1. The number of ketones is 1. The van der Waals surface area contributed by atoms with E-state index in [0.29, 0.717) is 0 Å². The molecular weight excluding hydrogens is 218 g/mol. The normalized spacial score (nSPS) is 18.8. The summed E-state index contributed by atoms with van der Waals surface area (Å²) < 4.78 is 4.60. The van der Waals surface area contributed by atoms with E-state index < -0.39 is 6.09 Å². The summed E-state index contributed by atoms with van der Waals surface area (Å²) in [6, 6.07) is -0.372. The quantitative estimate of drug-likeness (QED) is 0.822. The average molecular weight is 241 g/mol. The summed E-state index contributed by atoms with van der Waals surface area (Å²) in [5, 5.41) is 2.71. The first kappa shape index (κ1) is 14.0. The molecule has 0 spiro atoms. The molecule has 4 heteroatoms. The zero-order valence-electron chi connectivity index (χ0n) is 11.0. The van der Waals surface area contributed by atoms with Gasteiger partial charge in [0.2, 0.25) is 0 Å². The minimum Gasteiger partial charge on any atom is -0.453 e. The van der Waals surface area contributed by atoms with Gasteiger partial charge in [-0.2, -0.15) is 0 Å². The first-order valence-corrected chi connectivity index (χ1v) is 6.44. The van der Waals surface area contributed by atoms with Crippen molar-refractivity contribution in [3.05, 3.63) is 0 Å². The second-order valence-electron chi connectivity index (χ2n) is 5.07. The Morgan fingerprint density at radius 1 is 1.18 bits per heavy atom. The number of carbonyl (C=O) groups is 2. The van der Waals surface area contributed by atoms with Crippen LogP contribution in [-0.4, -0.2) is 25.0 Å². The SMILES string of the molecule is COC(=O)N[C@H](C(=O)C(C)C)C1CCCCC1. The van der Waals surface area contributed by atoms with E-state index >= 15 is 0 Å². The van der Waals surface area contributed by atoms with Gasteiger partial charge in [0.1, 0.15) is 0 Å². The van der Waals surface area contributed by atoms with Crippen LogP contribution in [0.4, 0.5) is 4.79 Å². The lowest BCUT2D eigenvalue weighted by atomic mass is 9.80. The molecule has 0 unspecified atom stereocenters. The first-order chi connectivity index (χ1) is 8.06. The monoisotopic (exact) mass is 241 g/mol. The van der Waals surface area contributed by atoms with Crippen molar-refractivity contribution in [2.75, 3.05) is 7.11 Å². The predicted octanol–water partition coefficient (Wildman–Crippen LogP) is 2.52. The molecule has 0 aromatic carbocycles. The van der Waals surface area contributed by atoms with Crippen LogP contribution in [-0.2, 0) is 9.53 Å². The molecular formula is C13H23NO3. The van der Waals surface area contributed by atoms with Gasteiger partial charge in [-0.3, -0.25) is 4.79 Å². The number of methoxy groups -OCH3 is 1. The first-order valence-electron chi connectivity index (χ1n) is 6.44. The minimum absolute atomic E-state index is 0.0564. The Hall–Kier alpha value is -1.06. The largest absolute Gasteiger partial charge is 0.453 e. The molecule has 1 aliphatic rings. The maximum Gasteiger partial charge on any atom is 0.407 e. The molecule has 1 N–H and O–H groups in total. The fourth-order valence-corrected chi connectivity index (χ4v) is 2.43. The van der Waals surface area contributed by atoms with Gasteiger partial charge in [0.15, 0.2) is 5.78 Å². The number of hydrogen-bond acceptors (Lipinski definition) is 3. The summed E-state index contributed by atoms with van der Waals surface area (Å²) in [5.74, 6) is 0.333. The summed E-state index contributed by atoms with van der Waals surface area (Å²) in [4.78, 5) is 23.4. The molecule has 1 fully saturated rings. The Labute approximate surface area is 103 Å². The third-order valence-corrected chi connectivity index (χ3v) is 3.46. The van der Waals surface area contributed by atoms with E-state index in [1.807, 2.05) is 13.8 Å². The molecule has 0 aromatic heterocycles. The Morgan fingerprint density at radius 2 is 1.76 bits per heavy atom. The van der Waals surface area contributed by atoms with Crippen LogP contribution in [0.15, 0.2) is 0 Å². The van der Waals surface area contributed by atoms with Crippen molar-refractivity contribution in [2.45, 2.75) is 52.0 Å². The van der Waals surface area contributed by atoms with Crippen LogP contribution in [0.1, 0.15) is 46.0 Å². The van der Waals surface area contributed by atoms with Gasteiger partial charge in [0.05, 0.1) is 13.2 Å². The van der Waals surface area contributed by atoms with E-state index in [0.717, 1.165) is 25.7 Å². The van der Waals surface area contributed by atoms with Gasteiger partial charge in [0.25, 0.3) is 0 Å². The zero-order valence-corrected chi connectivity index (χ0v) is 11.0. The molecule has 1 amide bonds. The molecule has 4 nitrogen and oxygen atoms in total. The third kappa shape index (κ3) is 4.02. The Kier molecular flexibility index (Phi) is 5.45. The lowest BCUT2D eigenvalue weighted by molar-refractivity contribution is -0.125. The number of amides is 1. The summed E-state index contributed by atoms with van der Waals surface area (Å²) in [6.45, 7) is 3.74. The van der Waals surface area contributed by atoms with E-state index in [1.54, 1.807) is 0 Å². The van der Waals surface area contributed by atoms with E-state index in [1.165, 1.54) is 13.5 Å². The maximum atomic E-state index is 12.1. The highest BCUT2D eigenvalue weighted by Crippen LogP contribution is 2.28. The summed E-state index contributed by atoms with van der Waals surface area (Å²) in [6.07, 6.45) is 5.07. The number of rotatable bonds is 4. The van der Waals surface area contributed by atoms with E-state index in [9.17, 15) is 9.59 Å². The second-order valence-corrected chi connectivity index (χ2v) is 5.07. The molecule has 0 saturated heterocycles. The average Bonchev–Trinajstić information content (AvgIpc) is 2.35. The molecule has 0 bridgehead atoms. The number of ether oxygens (including phenoxy) is 1. The Morgan fingerprint density at radius 3 is 2.24 bits per heavy atom. The van der Waals surface area contributed by atoms with Crippen LogP contribution < -0.4 is 5.32 Å². The Balaban J connectivity index is 2.69. The van der Waals surface area contributed by atoms with E-state index in [4.69, 9.17) is 0 Å². The second kappa shape index (κ2) is 6.62. The minimum atomic E-state index is -0.505. The van der Waals surface area contributed by atoms with Crippen molar-refractivity contribution in [1.82, 2.24) is 5.32 Å². The van der Waals surface area contributed by atoms with Gasteiger partial charge in [-0.05, 0) is 18.8 Å². The molecule has 98 valence electrons. The molecule has 17 heavy (non-hydrogen) atoms. The Bertz CT molecular complexity index is 270. The molecule has 1 aliphatic carbocycles. The molecule has 0 radical (unpaired) electrons. The standard InChI is InChI=1S/C13H23NO3/c1-9(2)12(15)11(14-13(16)17-3)10-7-5-4-6-8-10/h9-11H,4-8H2,1-3H3,(H,14,16)/t11-/m0/s1. The topological polar surface area (TPSA) is 55.4 Å². The number of Topliss-reactive ketones (excluding diaryl/α,β-unsaturated/α-hetero) is 1. The van der Waals surface area contributed by atoms with Gasteiger partial charge in [-0.15, -0.1) is 0 Å². The molecule has 0 aliphatic heterocycles. The van der Waals surface area contributed by atoms with E-state index in [-0.39, 0.29) is 23.7 Å². The lowest BCUT2D eigenvalue weighted by Crippen LogP contribution is -2.48. The molecule has 1 rings (SSSR count). The van der Waals surface area contributed by atoms with Gasteiger partial charge < -0.3 is 10.1 Å². The van der Waals surface area contributed by atoms with Crippen molar-refractivity contribution < 1.29 is 14.3 Å². The lowest BCUT2D eigenvalue weighted by Gasteiger charge is -2.30. The zero-order chi connectivity index (χ0) is 12.8. The van der Waals surface area contributed by atoms with Gasteiger partial charge >= 0.3 is 6.09 Å². The number of nitrogens with one attached hydrogen (secondary N) is 1. The highest BCUT2D eigenvalue weighted by Gasteiger charge is 2.32. The van der Waals surface area contributed by atoms with Gasteiger partial charge in [-0.25, -0.2) is 4.79 Å². The third-order valence-electron chi connectivity index (χ3n) is 3.46. The van der Waals surface area contributed by atoms with Crippen molar-refractivity contribution in [2.24, 2.45) is 11.8 Å². The maximum absolute atomic E-state index is 12.1. The molecule has 1 saturated carbocycles. The van der Waals surface area contributed by atoms with Crippen LogP contribution in [0.3, 0.4) is 0 Å². The molecule has 0 aromatic rings. The summed E-state index contributed by atoms with van der Waals surface area (Å²) >= 11 is 0. The van der Waals surface area contributed by atoms with Crippen molar-refractivity contribution in [3.63, 3.8) is 0 Å². The van der Waals surface area contributed by atoms with Crippen LogP contribution >= 0.6 is 0 Å². The molecule has 0 heterocycles. The number of carbonyl (C=O) groups excluding carboxylic acids is 2. The summed E-state index contributed by atoms with van der Waals surface area (Å²) in [7, 11) is 1.33. The van der Waals surface area contributed by atoms with Crippen LogP contribution in [0, 0.1) is 11.8 Å². The van der Waals surface area contributed by atoms with Crippen molar-refractivity contribution >= 4 is 11.9 Å². The van der Waals surface area contributed by atoms with Gasteiger partial charge in [0, 0.05) is 5.92 Å². The van der Waals surface area contributed by atoms with Crippen molar-refractivity contribution in [1.29, 1.82) is 0 Å². The smallest absolute Gasteiger partial charge is 0.407 e. The highest BCUT2D eigenvalue weighted by atomic mass is 16.5. The summed E-state index contributed by atoms with van der Waals surface area (Å²) in [5.41, 5.74) is 0. The van der Waals surface area contributed by atoms with Gasteiger partial charge in [-0.1, -0.05) is 33.1 Å². The fraction of sp³-hybridized carbons (Fsp3) is 0.846. The fourth-order valence-electron chi connectivity index (χ4n) is 2.43. The highest BCUT2D eigenvalue weighted by molar-refractivity contribution is 5.89. The van der Waals surface area contributed by atoms with Crippen molar-refractivity contribution in [3.8, 4) is 0 Å². The van der Waals surface area contributed by atoms with Crippen LogP contribution in [0.25, 0.3) is 0 Å². The molecule has 1 atom stereocenters. The predicted molar refractivity (Wildman–Crippen MR) is 65.7 cm³/mol.